The number of nitrogens with zero attached hydrogens (tertiary/aromatic N) is 1. The summed E-state index contributed by atoms with van der Waals surface area (Å²) in [5.41, 5.74) is 0. The average molecular weight is 276 g/mol. The predicted octanol–water partition coefficient (Wildman–Crippen LogP) is -0.452. The number of hydrogen-bond donors (Lipinski definition) is 1. The maximum Gasteiger partial charge on any atom is 0.219 e. The Morgan fingerprint density at radius 3 is 2.50 bits per heavy atom. The number of nitrogens with one attached hydrogen (secondary N) is 1. The third kappa shape index (κ3) is 4.29. The molecule has 1 heterocycles. The molecule has 0 saturated carbocycles. The second-order valence-electron chi connectivity index (χ2n) is 4.47. The average Bonchev–Trinajstić information content (AvgIpc) is 2.63. The molecule has 2 amide bonds. The van der Waals surface area contributed by atoms with Gasteiger partial charge >= 0.3 is 0 Å². The Morgan fingerprint density at radius 1 is 1.39 bits per heavy atom. The first-order valence-corrected chi connectivity index (χ1v) is 7.92. The van der Waals surface area contributed by atoms with Crippen LogP contribution in [-0.2, 0) is 19.4 Å². The van der Waals surface area contributed by atoms with Gasteiger partial charge in [-0.25, -0.2) is 8.42 Å². The van der Waals surface area contributed by atoms with Gasteiger partial charge in [0.2, 0.25) is 11.8 Å². The summed E-state index contributed by atoms with van der Waals surface area (Å²) >= 11 is 0. The lowest BCUT2D eigenvalue weighted by molar-refractivity contribution is -0.131. The molecular formula is C11H20N2O4S. The Labute approximate surface area is 108 Å². The molecule has 1 N–H and O–H groups in total. The molecule has 1 rings (SSSR count). The summed E-state index contributed by atoms with van der Waals surface area (Å²) in [6.07, 6.45) is 0.890. The van der Waals surface area contributed by atoms with E-state index in [0.29, 0.717) is 25.9 Å². The number of amides is 2. The maximum absolute atomic E-state index is 11.5. The van der Waals surface area contributed by atoms with E-state index in [1.165, 1.54) is 6.92 Å². The molecule has 0 bridgehead atoms. The monoisotopic (exact) mass is 276 g/mol. The van der Waals surface area contributed by atoms with E-state index in [9.17, 15) is 18.0 Å². The second-order valence-corrected chi connectivity index (χ2v) is 6.70. The zero-order valence-corrected chi connectivity index (χ0v) is 11.6. The molecule has 0 spiro atoms. The van der Waals surface area contributed by atoms with Crippen molar-refractivity contribution in [1.82, 2.24) is 10.2 Å². The number of hydrogen-bond acceptors (Lipinski definition) is 4. The highest BCUT2D eigenvalue weighted by Crippen LogP contribution is 2.17. The SMILES string of the molecule is CCC(=O)NCCN(C(C)=O)C1CCS(=O)(=O)C1. The van der Waals surface area contributed by atoms with Crippen molar-refractivity contribution in [3.05, 3.63) is 0 Å². The lowest BCUT2D eigenvalue weighted by Crippen LogP contribution is -2.44. The lowest BCUT2D eigenvalue weighted by atomic mass is 10.2. The molecule has 0 aromatic heterocycles. The third-order valence-corrected chi connectivity index (χ3v) is 4.80. The fourth-order valence-electron chi connectivity index (χ4n) is 2.06. The van der Waals surface area contributed by atoms with Gasteiger partial charge in [-0.3, -0.25) is 9.59 Å². The fraction of sp³-hybridized carbons (Fsp3) is 0.818. The van der Waals surface area contributed by atoms with Gasteiger partial charge in [0.1, 0.15) is 0 Å². The normalized spacial score (nSPS) is 21.6. The first kappa shape index (κ1) is 14.9. The molecule has 1 aliphatic rings. The molecule has 1 saturated heterocycles. The van der Waals surface area contributed by atoms with Crippen LogP contribution in [0, 0.1) is 0 Å². The summed E-state index contributed by atoms with van der Waals surface area (Å²) in [5, 5.41) is 2.68. The molecule has 0 aromatic carbocycles. The molecule has 7 heteroatoms. The van der Waals surface area contributed by atoms with Crippen molar-refractivity contribution < 1.29 is 18.0 Å². The molecule has 6 nitrogen and oxygen atoms in total. The lowest BCUT2D eigenvalue weighted by Gasteiger charge is -2.27. The molecule has 0 aliphatic carbocycles. The Hall–Kier alpha value is -1.11. The molecule has 0 radical (unpaired) electrons. The van der Waals surface area contributed by atoms with Crippen LogP contribution in [0.3, 0.4) is 0 Å². The third-order valence-electron chi connectivity index (χ3n) is 3.05. The maximum atomic E-state index is 11.5. The largest absolute Gasteiger partial charge is 0.354 e. The van der Waals surface area contributed by atoms with Crippen LogP contribution in [-0.4, -0.2) is 55.8 Å². The van der Waals surface area contributed by atoms with Crippen molar-refractivity contribution in [2.45, 2.75) is 32.7 Å². The molecular weight excluding hydrogens is 256 g/mol. The Morgan fingerprint density at radius 2 is 2.06 bits per heavy atom. The van der Waals surface area contributed by atoms with Crippen molar-refractivity contribution in [3.63, 3.8) is 0 Å². The zero-order chi connectivity index (χ0) is 13.8. The van der Waals surface area contributed by atoms with Crippen LogP contribution >= 0.6 is 0 Å². The van der Waals surface area contributed by atoms with E-state index >= 15 is 0 Å². The number of sulfone groups is 1. The summed E-state index contributed by atoms with van der Waals surface area (Å²) in [7, 11) is -3.00. The summed E-state index contributed by atoms with van der Waals surface area (Å²) < 4.78 is 22.8. The molecule has 1 aliphatic heterocycles. The second kappa shape index (κ2) is 6.17. The zero-order valence-electron chi connectivity index (χ0n) is 10.8. The van der Waals surface area contributed by atoms with E-state index < -0.39 is 9.84 Å². The van der Waals surface area contributed by atoms with Gasteiger partial charge in [0.15, 0.2) is 9.84 Å². The van der Waals surface area contributed by atoms with Crippen LogP contribution in [0.2, 0.25) is 0 Å². The van der Waals surface area contributed by atoms with Crippen molar-refractivity contribution >= 4 is 21.7 Å². The van der Waals surface area contributed by atoms with Gasteiger partial charge in [-0.05, 0) is 6.42 Å². The van der Waals surface area contributed by atoms with Crippen LogP contribution in [0.4, 0.5) is 0 Å². The van der Waals surface area contributed by atoms with Crippen LogP contribution < -0.4 is 5.32 Å². The minimum atomic E-state index is -3.00. The molecule has 1 atom stereocenters. The number of rotatable bonds is 5. The van der Waals surface area contributed by atoms with E-state index in [-0.39, 0.29) is 29.4 Å². The standard InChI is InChI=1S/C11H20N2O4S/c1-3-11(15)12-5-6-13(9(2)14)10-4-7-18(16,17)8-10/h10H,3-8H2,1-2H3,(H,12,15). The van der Waals surface area contributed by atoms with Crippen LogP contribution in [0.25, 0.3) is 0 Å². The van der Waals surface area contributed by atoms with E-state index in [1.54, 1.807) is 11.8 Å². The van der Waals surface area contributed by atoms with Crippen LogP contribution in [0.5, 0.6) is 0 Å². The van der Waals surface area contributed by atoms with Crippen molar-refractivity contribution in [2.75, 3.05) is 24.6 Å². The van der Waals surface area contributed by atoms with Gasteiger partial charge in [-0.2, -0.15) is 0 Å². The van der Waals surface area contributed by atoms with Crippen LogP contribution in [0.1, 0.15) is 26.7 Å². The Bertz CT molecular complexity index is 419. The molecule has 1 fully saturated rings. The van der Waals surface area contributed by atoms with Crippen molar-refractivity contribution in [3.8, 4) is 0 Å². The minimum absolute atomic E-state index is 0.0360. The first-order chi connectivity index (χ1) is 8.35. The van der Waals surface area contributed by atoms with Crippen molar-refractivity contribution in [1.29, 1.82) is 0 Å². The molecule has 1 unspecified atom stereocenters. The molecule has 0 aromatic rings. The number of carbonyl (C=O) groups is 2. The first-order valence-electron chi connectivity index (χ1n) is 6.10. The van der Waals surface area contributed by atoms with Gasteiger partial charge < -0.3 is 10.2 Å². The minimum Gasteiger partial charge on any atom is -0.354 e. The van der Waals surface area contributed by atoms with Gasteiger partial charge in [-0.1, -0.05) is 6.92 Å². The fourth-order valence-corrected chi connectivity index (χ4v) is 3.79. The van der Waals surface area contributed by atoms with Crippen molar-refractivity contribution in [2.24, 2.45) is 0 Å². The smallest absolute Gasteiger partial charge is 0.219 e. The van der Waals surface area contributed by atoms with Gasteiger partial charge in [0, 0.05) is 32.5 Å². The molecule has 104 valence electrons. The topological polar surface area (TPSA) is 83.6 Å². The number of carbonyl (C=O) groups excluding carboxylic acids is 2. The Balaban J connectivity index is 2.51. The highest BCUT2D eigenvalue weighted by atomic mass is 32.2. The summed E-state index contributed by atoms with van der Waals surface area (Å²) in [4.78, 5) is 24.1. The van der Waals surface area contributed by atoms with E-state index in [4.69, 9.17) is 0 Å². The van der Waals surface area contributed by atoms with Crippen LogP contribution in [0.15, 0.2) is 0 Å². The molecule has 18 heavy (non-hydrogen) atoms. The van der Waals surface area contributed by atoms with E-state index in [0.717, 1.165) is 0 Å². The highest BCUT2D eigenvalue weighted by Gasteiger charge is 2.33. The van der Waals surface area contributed by atoms with E-state index in [1.807, 2.05) is 0 Å². The summed E-state index contributed by atoms with van der Waals surface area (Å²) in [6, 6.07) is -0.244. The van der Waals surface area contributed by atoms with E-state index in [2.05, 4.69) is 5.32 Å². The highest BCUT2D eigenvalue weighted by molar-refractivity contribution is 7.91. The Kier molecular flexibility index (Phi) is 5.13. The van der Waals surface area contributed by atoms with Gasteiger partial charge in [0.05, 0.1) is 11.5 Å². The quantitative estimate of drug-likeness (QED) is 0.737. The summed E-state index contributed by atoms with van der Waals surface area (Å²) in [5.74, 6) is -0.0442. The summed E-state index contributed by atoms with van der Waals surface area (Å²) in [6.45, 7) is 3.90. The van der Waals surface area contributed by atoms with Gasteiger partial charge in [-0.15, -0.1) is 0 Å². The predicted molar refractivity (Wildman–Crippen MR) is 67.7 cm³/mol. The van der Waals surface area contributed by atoms with Gasteiger partial charge in [0.25, 0.3) is 0 Å².